The largest absolute Gasteiger partial charge is 0.288 e. The molecule has 2 aromatic rings. The lowest BCUT2D eigenvalue weighted by atomic mass is 10.4. The quantitative estimate of drug-likeness (QED) is 0.744. The number of aromatic amines is 1. The smallest absolute Gasteiger partial charge is 0.275 e. The number of hydrogen-bond acceptors (Lipinski definition) is 3. The molecule has 0 saturated carbocycles. The van der Waals surface area contributed by atoms with Crippen molar-refractivity contribution in [3.05, 3.63) is 26.3 Å². The Balaban J connectivity index is 3.01. The van der Waals surface area contributed by atoms with Gasteiger partial charge in [0, 0.05) is 0 Å². The lowest BCUT2D eigenvalue weighted by molar-refractivity contribution is 0.865. The summed E-state index contributed by atoms with van der Waals surface area (Å²) in [6.45, 7) is 3.53. The fourth-order valence-electron chi connectivity index (χ4n) is 1.11. The van der Waals surface area contributed by atoms with E-state index >= 15 is 0 Å². The second-order valence-electron chi connectivity index (χ2n) is 2.76. The lowest BCUT2D eigenvalue weighted by Gasteiger charge is -1.95. The molecule has 2 aromatic heterocycles. The summed E-state index contributed by atoms with van der Waals surface area (Å²) in [5.74, 6) is 1.07. The third kappa shape index (κ3) is 1.17. The van der Waals surface area contributed by atoms with Crippen LogP contribution in [0.5, 0.6) is 0 Å². The van der Waals surface area contributed by atoms with Crippen molar-refractivity contribution in [2.24, 2.45) is 0 Å². The minimum Gasteiger partial charge on any atom is -0.275 e. The van der Waals surface area contributed by atoms with Crippen molar-refractivity contribution in [1.82, 2.24) is 19.6 Å². The van der Waals surface area contributed by atoms with Gasteiger partial charge in [0.25, 0.3) is 11.3 Å². The molecule has 0 amide bonds. The Morgan fingerprint density at radius 2 is 2.08 bits per heavy atom. The van der Waals surface area contributed by atoms with Crippen molar-refractivity contribution in [3.63, 3.8) is 0 Å². The number of aromatic nitrogens is 4. The van der Waals surface area contributed by atoms with Gasteiger partial charge in [-0.3, -0.25) is 9.89 Å². The van der Waals surface area contributed by atoms with E-state index in [0.29, 0.717) is 21.8 Å². The molecule has 0 aliphatic heterocycles. The van der Waals surface area contributed by atoms with Crippen molar-refractivity contribution in [2.75, 3.05) is 0 Å². The highest BCUT2D eigenvalue weighted by Gasteiger charge is 2.08. The van der Waals surface area contributed by atoms with E-state index in [-0.39, 0.29) is 5.56 Å². The van der Waals surface area contributed by atoms with Gasteiger partial charge in [0.05, 0.1) is 5.69 Å². The van der Waals surface area contributed by atoms with Crippen molar-refractivity contribution >= 4 is 21.7 Å². The van der Waals surface area contributed by atoms with Gasteiger partial charge in [-0.25, -0.2) is 4.98 Å². The molecule has 1 N–H and O–H groups in total. The van der Waals surface area contributed by atoms with Gasteiger partial charge in [-0.05, 0) is 29.8 Å². The second kappa shape index (κ2) is 2.66. The molecular weight excluding hydrogens is 236 g/mol. The fourth-order valence-corrected chi connectivity index (χ4v) is 1.37. The topological polar surface area (TPSA) is 63.1 Å². The van der Waals surface area contributed by atoms with Gasteiger partial charge < -0.3 is 0 Å². The van der Waals surface area contributed by atoms with E-state index in [0.717, 1.165) is 0 Å². The number of halogens is 1. The predicted molar refractivity (Wildman–Crippen MR) is 50.8 cm³/mol. The van der Waals surface area contributed by atoms with E-state index < -0.39 is 0 Å². The van der Waals surface area contributed by atoms with Crippen LogP contribution in [-0.4, -0.2) is 19.6 Å². The number of fused-ring (bicyclic) bond motifs is 1. The number of rotatable bonds is 0. The summed E-state index contributed by atoms with van der Waals surface area (Å²) in [5.41, 5.74) is 0.486. The molecule has 0 spiro atoms. The van der Waals surface area contributed by atoms with E-state index in [2.05, 4.69) is 31.0 Å². The number of nitrogens with one attached hydrogen (secondary N) is 1. The third-order valence-corrected chi connectivity index (χ3v) is 2.63. The highest BCUT2D eigenvalue weighted by molar-refractivity contribution is 9.10. The maximum Gasteiger partial charge on any atom is 0.288 e. The van der Waals surface area contributed by atoms with Crippen LogP contribution in [0.25, 0.3) is 5.78 Å². The summed E-state index contributed by atoms with van der Waals surface area (Å²) in [4.78, 5) is 19.7. The van der Waals surface area contributed by atoms with Crippen LogP contribution < -0.4 is 5.56 Å². The van der Waals surface area contributed by atoms with E-state index in [9.17, 15) is 4.79 Å². The van der Waals surface area contributed by atoms with Crippen LogP contribution >= 0.6 is 15.9 Å². The number of aryl methyl sites for hydroxylation is 2. The minimum atomic E-state index is -0.164. The van der Waals surface area contributed by atoms with Gasteiger partial charge in [-0.1, -0.05) is 0 Å². The molecule has 0 unspecified atom stereocenters. The van der Waals surface area contributed by atoms with Gasteiger partial charge in [0.15, 0.2) is 0 Å². The molecule has 0 aliphatic rings. The number of hydrogen-bond donors (Lipinski definition) is 1. The van der Waals surface area contributed by atoms with Gasteiger partial charge in [0.1, 0.15) is 10.3 Å². The van der Waals surface area contributed by atoms with Crippen molar-refractivity contribution < 1.29 is 0 Å². The zero-order valence-corrected chi connectivity index (χ0v) is 8.71. The van der Waals surface area contributed by atoms with Crippen LogP contribution in [0.2, 0.25) is 0 Å². The Morgan fingerprint density at radius 1 is 1.38 bits per heavy atom. The zero-order chi connectivity index (χ0) is 9.59. The van der Waals surface area contributed by atoms with E-state index in [1.165, 1.54) is 4.52 Å². The molecule has 2 rings (SSSR count). The van der Waals surface area contributed by atoms with Crippen LogP contribution in [-0.2, 0) is 0 Å². The van der Waals surface area contributed by atoms with Gasteiger partial charge >= 0.3 is 0 Å². The SMILES string of the molecule is Cc1nc2nc(C)c(Br)c(=O)n2[nH]1. The third-order valence-electron chi connectivity index (χ3n) is 1.72. The zero-order valence-electron chi connectivity index (χ0n) is 7.13. The molecule has 0 fully saturated rings. The van der Waals surface area contributed by atoms with Crippen molar-refractivity contribution in [2.45, 2.75) is 13.8 Å². The average Bonchev–Trinajstić information content (AvgIpc) is 2.42. The van der Waals surface area contributed by atoms with Crippen molar-refractivity contribution in [1.29, 1.82) is 0 Å². The first-order valence-corrected chi connectivity index (χ1v) is 4.50. The molecule has 5 nitrogen and oxygen atoms in total. The highest BCUT2D eigenvalue weighted by atomic mass is 79.9. The maximum absolute atomic E-state index is 11.6. The Kier molecular flexibility index (Phi) is 1.73. The first-order valence-electron chi connectivity index (χ1n) is 3.71. The average molecular weight is 243 g/mol. The Morgan fingerprint density at radius 3 is 2.77 bits per heavy atom. The molecule has 2 heterocycles. The highest BCUT2D eigenvalue weighted by Crippen LogP contribution is 2.07. The van der Waals surface area contributed by atoms with Crippen LogP contribution in [0.1, 0.15) is 11.5 Å². The summed E-state index contributed by atoms with van der Waals surface area (Å²) < 4.78 is 1.78. The maximum atomic E-state index is 11.6. The van der Waals surface area contributed by atoms with Gasteiger partial charge in [-0.15, -0.1) is 0 Å². The molecule has 0 bridgehead atoms. The standard InChI is InChI=1S/C7H7BrN4O/c1-3-5(8)6(13)12-7(9-3)10-4(2)11-12/h1-2H3,(H,9,10,11). The molecule has 0 atom stereocenters. The summed E-state index contributed by atoms with van der Waals surface area (Å²) in [5, 5.41) is 2.80. The predicted octanol–water partition coefficient (Wildman–Crippen LogP) is 0.797. The summed E-state index contributed by atoms with van der Waals surface area (Å²) in [6, 6.07) is 0. The van der Waals surface area contributed by atoms with E-state index in [4.69, 9.17) is 0 Å². The molecule has 0 saturated heterocycles. The Hall–Kier alpha value is -1.17. The van der Waals surface area contributed by atoms with Crippen molar-refractivity contribution in [3.8, 4) is 0 Å². The first-order chi connectivity index (χ1) is 6.09. The summed E-state index contributed by atoms with van der Waals surface area (Å²) >= 11 is 3.17. The fraction of sp³-hybridized carbons (Fsp3) is 0.286. The molecule has 68 valence electrons. The van der Waals surface area contributed by atoms with Crippen LogP contribution in [0.4, 0.5) is 0 Å². The van der Waals surface area contributed by atoms with Gasteiger partial charge in [0.2, 0.25) is 0 Å². The molecule has 13 heavy (non-hydrogen) atoms. The van der Waals surface area contributed by atoms with Crippen LogP contribution in [0, 0.1) is 13.8 Å². The normalized spacial score (nSPS) is 11.0. The first kappa shape index (κ1) is 8.43. The summed E-state index contributed by atoms with van der Waals surface area (Å²) in [7, 11) is 0. The summed E-state index contributed by atoms with van der Waals surface area (Å²) in [6.07, 6.45) is 0. The second-order valence-corrected chi connectivity index (χ2v) is 3.55. The minimum absolute atomic E-state index is 0.164. The molecule has 0 radical (unpaired) electrons. The van der Waals surface area contributed by atoms with E-state index in [1.54, 1.807) is 13.8 Å². The monoisotopic (exact) mass is 242 g/mol. The number of H-pyrrole nitrogens is 1. The Bertz CT molecular complexity index is 527. The number of nitrogens with zero attached hydrogens (tertiary/aromatic N) is 3. The van der Waals surface area contributed by atoms with Crippen LogP contribution in [0.15, 0.2) is 9.27 Å². The molecular formula is C7H7BrN4O. The van der Waals surface area contributed by atoms with Gasteiger partial charge in [-0.2, -0.15) is 9.50 Å². The molecule has 0 aliphatic carbocycles. The van der Waals surface area contributed by atoms with Crippen LogP contribution in [0.3, 0.4) is 0 Å². The van der Waals surface area contributed by atoms with E-state index in [1.807, 2.05) is 0 Å². The molecule has 6 heteroatoms. The molecule has 0 aromatic carbocycles. The lowest BCUT2D eigenvalue weighted by Crippen LogP contribution is -2.17. The Labute approximate surface area is 81.9 Å².